The second kappa shape index (κ2) is 17.8. The molecule has 2 N–H and O–H groups in total. The lowest BCUT2D eigenvalue weighted by atomic mass is 9.96. The highest BCUT2D eigenvalue weighted by molar-refractivity contribution is 6.43. The largest absolute Gasteiger partial charge is 0.478 e. The van der Waals surface area contributed by atoms with Crippen LogP contribution in [0.25, 0.3) is 0 Å². The Morgan fingerprint density at radius 2 is 1.82 bits per heavy atom. The van der Waals surface area contributed by atoms with Gasteiger partial charge in [-0.3, -0.25) is 9.59 Å². The van der Waals surface area contributed by atoms with Gasteiger partial charge in [-0.2, -0.15) is 0 Å². The molecule has 0 fully saturated rings. The van der Waals surface area contributed by atoms with Gasteiger partial charge in [0, 0.05) is 23.7 Å². The number of ketones is 1. The maximum atomic E-state index is 12.6. The summed E-state index contributed by atoms with van der Waals surface area (Å²) in [7, 11) is 0. The van der Waals surface area contributed by atoms with Gasteiger partial charge in [-0.25, -0.2) is 4.79 Å². The standard InChI is InChI=1S/C21H28N2O5.C8H12.C2H6/c1-6-23-13(5)16(18(24)20(22)25)17-14(23)10-8-9-11-15(17)28-19(12(3)4)21(26)27-7-2;1-4-6-7-8(3)5-2;1-2/h8-12,14,19H,6-7H2,1-5H3,(H2,22,25);4-7H,1H2,2-3H3;1-2H3/b;7-6-,8-5-;. The third-order valence-corrected chi connectivity index (χ3v) is 5.73. The Bertz CT molecular complexity index is 1020. The van der Waals surface area contributed by atoms with Crippen LogP contribution in [-0.4, -0.2) is 47.9 Å². The molecule has 38 heavy (non-hydrogen) atoms. The molecule has 0 aromatic carbocycles. The molecule has 2 atom stereocenters. The minimum atomic E-state index is -1.03. The molecule has 0 saturated heterocycles. The molecule has 1 aliphatic heterocycles. The second-order valence-corrected chi connectivity index (χ2v) is 8.57. The van der Waals surface area contributed by atoms with Gasteiger partial charge in [0.05, 0.1) is 18.2 Å². The maximum absolute atomic E-state index is 12.6. The van der Waals surface area contributed by atoms with Crippen LogP contribution in [0.2, 0.25) is 0 Å². The summed E-state index contributed by atoms with van der Waals surface area (Å²) < 4.78 is 11.2. The number of nitrogens with zero attached hydrogens (tertiary/aromatic N) is 1. The third-order valence-electron chi connectivity index (χ3n) is 5.73. The Morgan fingerprint density at radius 3 is 2.29 bits per heavy atom. The molecule has 0 aromatic heterocycles. The van der Waals surface area contributed by atoms with E-state index >= 15 is 0 Å². The third kappa shape index (κ3) is 9.36. The van der Waals surface area contributed by atoms with Crippen LogP contribution < -0.4 is 5.73 Å². The number of fused-ring (bicyclic) bond motifs is 1. The SMILES string of the molecule is C=C/C=C\C(C)=C/C.CC.CCOC(=O)C(OC1=C2C(C(=O)C(N)=O)=C(C)N(CC)C2C=CC=C1)C(C)C. The number of allylic oxidation sites excluding steroid dienone is 9. The first-order chi connectivity index (χ1) is 18.0. The van der Waals surface area contributed by atoms with Gasteiger partial charge in [0.25, 0.3) is 11.7 Å². The van der Waals surface area contributed by atoms with Crippen LogP contribution in [0.3, 0.4) is 0 Å². The van der Waals surface area contributed by atoms with Crippen LogP contribution in [0.5, 0.6) is 0 Å². The van der Waals surface area contributed by atoms with E-state index in [9.17, 15) is 14.4 Å². The number of ether oxygens (including phenoxy) is 2. The molecule has 7 nitrogen and oxygen atoms in total. The predicted octanol–water partition coefficient (Wildman–Crippen LogP) is 5.72. The lowest BCUT2D eigenvalue weighted by molar-refractivity contribution is -0.156. The minimum Gasteiger partial charge on any atom is -0.478 e. The molecule has 1 amide bonds. The van der Waals surface area contributed by atoms with Crippen LogP contribution in [0.1, 0.15) is 62.3 Å². The molecule has 2 unspecified atom stereocenters. The molecule has 0 bridgehead atoms. The number of carbonyl (C=O) groups excluding carboxylic acids is 3. The first kappa shape index (κ1) is 34.4. The number of amides is 1. The van der Waals surface area contributed by atoms with Crippen molar-refractivity contribution in [1.82, 2.24) is 4.90 Å². The molecule has 1 heterocycles. The fourth-order valence-electron chi connectivity index (χ4n) is 3.80. The number of rotatable bonds is 10. The van der Waals surface area contributed by atoms with Crippen LogP contribution >= 0.6 is 0 Å². The summed E-state index contributed by atoms with van der Waals surface area (Å²) in [5.41, 5.74) is 8.00. The van der Waals surface area contributed by atoms with Crippen molar-refractivity contribution in [2.45, 2.75) is 74.5 Å². The number of carbonyl (C=O) groups is 3. The number of esters is 1. The van der Waals surface area contributed by atoms with Gasteiger partial charge in [-0.1, -0.05) is 82.4 Å². The Balaban J connectivity index is 0.00000117. The quantitative estimate of drug-likeness (QED) is 0.222. The Hall–Kier alpha value is -3.61. The Kier molecular flexibility index (Phi) is 16.1. The number of likely N-dealkylation sites (N-methyl/N-ethyl adjacent to an activating group) is 1. The van der Waals surface area contributed by atoms with Crippen molar-refractivity contribution in [2.75, 3.05) is 13.2 Å². The number of primary amides is 1. The van der Waals surface area contributed by atoms with Crippen molar-refractivity contribution >= 4 is 17.7 Å². The molecule has 7 heteroatoms. The summed E-state index contributed by atoms with van der Waals surface area (Å²) in [6.45, 7) is 21.7. The summed E-state index contributed by atoms with van der Waals surface area (Å²) in [4.78, 5) is 38.6. The average Bonchev–Trinajstić information content (AvgIpc) is 3.02. The van der Waals surface area contributed by atoms with Crippen LogP contribution in [0, 0.1) is 5.92 Å². The van der Waals surface area contributed by atoms with Gasteiger partial charge in [-0.15, -0.1) is 0 Å². The van der Waals surface area contributed by atoms with Gasteiger partial charge < -0.3 is 20.1 Å². The van der Waals surface area contributed by atoms with E-state index in [1.54, 1.807) is 32.1 Å². The minimum absolute atomic E-state index is 0.153. The Morgan fingerprint density at radius 1 is 1.18 bits per heavy atom. The molecule has 0 spiro atoms. The number of nitrogens with two attached hydrogens (primary N) is 1. The van der Waals surface area contributed by atoms with Gasteiger partial charge in [-0.05, 0) is 40.7 Å². The van der Waals surface area contributed by atoms with Crippen LogP contribution in [0.15, 0.2) is 83.4 Å². The molecular weight excluding hydrogens is 480 g/mol. The van der Waals surface area contributed by atoms with Crippen molar-refractivity contribution in [1.29, 1.82) is 0 Å². The van der Waals surface area contributed by atoms with Crippen molar-refractivity contribution < 1.29 is 23.9 Å². The summed E-state index contributed by atoms with van der Waals surface area (Å²) >= 11 is 0. The second-order valence-electron chi connectivity index (χ2n) is 8.57. The van der Waals surface area contributed by atoms with E-state index in [0.29, 0.717) is 23.6 Å². The number of Topliss-reactive ketones (excluding diaryl/α,β-unsaturated/α-hetero) is 1. The average molecular weight is 527 g/mol. The fraction of sp³-hybridized carbons (Fsp3) is 0.452. The van der Waals surface area contributed by atoms with E-state index < -0.39 is 23.8 Å². The van der Waals surface area contributed by atoms with E-state index in [0.717, 1.165) is 0 Å². The van der Waals surface area contributed by atoms with Crippen molar-refractivity contribution in [3.63, 3.8) is 0 Å². The normalized spacial score (nSPS) is 17.3. The zero-order valence-corrected chi connectivity index (χ0v) is 24.5. The summed E-state index contributed by atoms with van der Waals surface area (Å²) in [6, 6.07) is -0.289. The molecule has 0 aromatic rings. The van der Waals surface area contributed by atoms with Gasteiger partial charge in [0.15, 0.2) is 6.10 Å². The maximum Gasteiger partial charge on any atom is 0.347 e. The Labute approximate surface area is 229 Å². The van der Waals surface area contributed by atoms with Crippen molar-refractivity contribution in [3.8, 4) is 0 Å². The van der Waals surface area contributed by atoms with Crippen LogP contribution in [0.4, 0.5) is 0 Å². The smallest absolute Gasteiger partial charge is 0.347 e. The van der Waals surface area contributed by atoms with E-state index in [4.69, 9.17) is 15.2 Å². The van der Waals surface area contributed by atoms with Gasteiger partial charge in [0.2, 0.25) is 0 Å². The summed E-state index contributed by atoms with van der Waals surface area (Å²) in [5.74, 6) is -2.06. The van der Waals surface area contributed by atoms with E-state index in [-0.39, 0.29) is 24.1 Å². The first-order valence-electron chi connectivity index (χ1n) is 13.2. The lowest BCUT2D eigenvalue weighted by Crippen LogP contribution is -2.33. The zero-order valence-electron chi connectivity index (χ0n) is 24.5. The zero-order chi connectivity index (χ0) is 29.4. The lowest BCUT2D eigenvalue weighted by Gasteiger charge is -2.27. The number of hydrogen-bond acceptors (Lipinski definition) is 6. The van der Waals surface area contributed by atoms with Crippen LogP contribution in [-0.2, 0) is 23.9 Å². The highest BCUT2D eigenvalue weighted by atomic mass is 16.6. The number of hydrogen-bond donors (Lipinski definition) is 1. The fourth-order valence-corrected chi connectivity index (χ4v) is 3.80. The van der Waals surface area contributed by atoms with Crippen molar-refractivity contribution in [2.24, 2.45) is 11.7 Å². The molecule has 0 radical (unpaired) electrons. The predicted molar refractivity (Wildman–Crippen MR) is 155 cm³/mol. The molecular formula is C31H46N2O5. The van der Waals surface area contributed by atoms with E-state index in [1.807, 2.05) is 70.7 Å². The monoisotopic (exact) mass is 526 g/mol. The topological polar surface area (TPSA) is 98.9 Å². The summed E-state index contributed by atoms with van der Waals surface area (Å²) in [6.07, 6.45) is 14.2. The molecule has 0 saturated carbocycles. The molecule has 1 aliphatic carbocycles. The van der Waals surface area contributed by atoms with Crippen molar-refractivity contribution in [3.05, 3.63) is 83.4 Å². The van der Waals surface area contributed by atoms with E-state index in [1.165, 1.54) is 5.57 Å². The molecule has 210 valence electrons. The highest BCUT2D eigenvalue weighted by Gasteiger charge is 2.40. The van der Waals surface area contributed by atoms with Gasteiger partial charge >= 0.3 is 5.97 Å². The highest BCUT2D eigenvalue weighted by Crippen LogP contribution is 2.39. The summed E-state index contributed by atoms with van der Waals surface area (Å²) in [5, 5.41) is 0. The van der Waals surface area contributed by atoms with E-state index in [2.05, 4.69) is 19.6 Å². The van der Waals surface area contributed by atoms with Gasteiger partial charge in [0.1, 0.15) is 5.76 Å². The first-order valence-corrected chi connectivity index (χ1v) is 13.2. The molecule has 2 aliphatic rings. The molecule has 2 rings (SSSR count).